The van der Waals surface area contributed by atoms with Crippen LogP contribution in [-0.2, 0) is 19.4 Å². The Balaban J connectivity index is 1.26. The average Bonchev–Trinajstić information content (AvgIpc) is 3.08. The average molecular weight is 667 g/mol. The van der Waals surface area contributed by atoms with Gasteiger partial charge in [0.15, 0.2) is 0 Å². The zero-order valence-electron chi connectivity index (χ0n) is 32.4. The first-order valence-electron chi connectivity index (χ1n) is 19.3. The molecule has 3 heteroatoms. The number of hydrogen-bond acceptors (Lipinski definition) is 3. The molecule has 3 atom stereocenters. The summed E-state index contributed by atoms with van der Waals surface area (Å²) in [4.78, 5) is 0. The van der Waals surface area contributed by atoms with E-state index in [9.17, 15) is 0 Å². The molecule has 0 amide bonds. The van der Waals surface area contributed by atoms with Gasteiger partial charge in [0, 0.05) is 5.56 Å². The minimum atomic E-state index is -0.0903. The summed E-state index contributed by atoms with van der Waals surface area (Å²) in [6.07, 6.45) is 19.3. The Bertz CT molecular complexity index is 1480. The highest BCUT2D eigenvalue weighted by Crippen LogP contribution is 2.45. The van der Waals surface area contributed by atoms with Gasteiger partial charge in [-0.25, -0.2) is 0 Å². The molecule has 1 aliphatic rings. The van der Waals surface area contributed by atoms with Crippen LogP contribution in [0.25, 0.3) is 6.08 Å². The molecule has 0 saturated heterocycles. The van der Waals surface area contributed by atoms with Crippen molar-refractivity contribution >= 4 is 6.08 Å². The van der Waals surface area contributed by atoms with Crippen LogP contribution in [0.1, 0.15) is 138 Å². The largest absolute Gasteiger partial charge is 0.496 e. The second-order valence-electron chi connectivity index (χ2n) is 15.9. The van der Waals surface area contributed by atoms with Gasteiger partial charge in [-0.1, -0.05) is 127 Å². The number of hydrogen-bond donors (Lipinski definition) is 0. The molecule has 3 nitrogen and oxygen atoms in total. The SMILES string of the molecule is COc1ccccc1C/C=C/c1ccc(COc2c(C)c(C)c3c(c2C)CC[C@@](C)(CCC[C@H](C)CCC[C@H](C)CCCC(C)C)O3)cc1. The van der Waals surface area contributed by atoms with Crippen LogP contribution >= 0.6 is 0 Å². The first-order chi connectivity index (χ1) is 23.5. The third kappa shape index (κ3) is 11.4. The summed E-state index contributed by atoms with van der Waals surface area (Å²) < 4.78 is 18.9. The molecule has 1 heterocycles. The van der Waals surface area contributed by atoms with E-state index in [1.807, 2.05) is 12.1 Å². The summed E-state index contributed by atoms with van der Waals surface area (Å²) in [6.45, 7) is 19.1. The lowest BCUT2D eigenvalue weighted by Gasteiger charge is -2.38. The van der Waals surface area contributed by atoms with Gasteiger partial charge in [-0.05, 0) is 117 Å². The zero-order valence-corrected chi connectivity index (χ0v) is 32.4. The molecule has 0 unspecified atom stereocenters. The van der Waals surface area contributed by atoms with E-state index in [-0.39, 0.29) is 5.60 Å². The predicted molar refractivity (Wildman–Crippen MR) is 209 cm³/mol. The smallest absolute Gasteiger partial charge is 0.127 e. The maximum absolute atomic E-state index is 6.90. The summed E-state index contributed by atoms with van der Waals surface area (Å²) in [6, 6.07) is 16.9. The van der Waals surface area contributed by atoms with Crippen molar-refractivity contribution < 1.29 is 14.2 Å². The van der Waals surface area contributed by atoms with Crippen LogP contribution < -0.4 is 14.2 Å². The Hall–Kier alpha value is -3.20. The van der Waals surface area contributed by atoms with Crippen LogP contribution in [0.5, 0.6) is 17.2 Å². The fourth-order valence-electron chi connectivity index (χ4n) is 7.55. The number of benzene rings is 3. The van der Waals surface area contributed by atoms with Crippen LogP contribution in [0.4, 0.5) is 0 Å². The van der Waals surface area contributed by atoms with E-state index in [1.54, 1.807) is 7.11 Å². The Morgan fingerprint density at radius 2 is 1.45 bits per heavy atom. The Labute approximate surface area is 299 Å². The molecule has 49 heavy (non-hydrogen) atoms. The Morgan fingerprint density at radius 3 is 2.12 bits per heavy atom. The molecule has 0 saturated carbocycles. The topological polar surface area (TPSA) is 27.7 Å². The predicted octanol–water partition coefficient (Wildman–Crippen LogP) is 13.0. The molecular weight excluding hydrogens is 601 g/mol. The van der Waals surface area contributed by atoms with Crippen LogP contribution in [0.15, 0.2) is 54.6 Å². The van der Waals surface area contributed by atoms with E-state index >= 15 is 0 Å². The van der Waals surface area contributed by atoms with Gasteiger partial charge in [-0.15, -0.1) is 0 Å². The molecule has 4 rings (SSSR count). The van der Waals surface area contributed by atoms with Crippen LogP contribution in [0.3, 0.4) is 0 Å². The lowest BCUT2D eigenvalue weighted by molar-refractivity contribution is 0.0511. The third-order valence-corrected chi connectivity index (χ3v) is 11.0. The van der Waals surface area contributed by atoms with Crippen molar-refractivity contribution in [2.24, 2.45) is 17.8 Å². The molecule has 268 valence electrons. The second-order valence-corrected chi connectivity index (χ2v) is 15.9. The first kappa shape index (κ1) is 38.6. The van der Waals surface area contributed by atoms with Gasteiger partial charge in [0.05, 0.1) is 7.11 Å². The normalized spacial score (nSPS) is 17.2. The molecule has 0 bridgehead atoms. The molecule has 0 aliphatic carbocycles. The Kier molecular flexibility index (Phi) is 14.7. The maximum Gasteiger partial charge on any atom is 0.127 e. The standard InChI is InChI=1S/C46H66O3/c1-33(2)16-12-17-34(3)18-13-19-35(4)20-15-30-46(8)31-29-42-38(7)44(36(5)37(6)45(42)49-46)48-32-40-27-25-39(26-28-40)21-14-23-41-22-10-11-24-43(41)47-9/h10-11,14,21-22,24-28,33-35H,12-13,15-20,23,29-32H2,1-9H3/b21-14+/t34-,35-,46-/m1/s1. The molecule has 1 aliphatic heterocycles. The highest BCUT2D eigenvalue weighted by atomic mass is 16.5. The molecule has 0 radical (unpaired) electrons. The quantitative estimate of drug-likeness (QED) is 0.127. The van der Waals surface area contributed by atoms with Gasteiger partial charge in [-0.3, -0.25) is 0 Å². The lowest BCUT2D eigenvalue weighted by Crippen LogP contribution is -2.37. The molecule has 3 aromatic carbocycles. The van der Waals surface area contributed by atoms with E-state index in [4.69, 9.17) is 14.2 Å². The highest BCUT2D eigenvalue weighted by Gasteiger charge is 2.34. The third-order valence-electron chi connectivity index (χ3n) is 11.0. The number of rotatable bonds is 19. The van der Waals surface area contributed by atoms with Crippen LogP contribution in [0.2, 0.25) is 0 Å². The van der Waals surface area contributed by atoms with E-state index < -0.39 is 0 Å². The minimum Gasteiger partial charge on any atom is -0.496 e. The molecule has 0 fully saturated rings. The number of fused-ring (bicyclic) bond motifs is 1. The van der Waals surface area contributed by atoms with E-state index in [1.165, 1.54) is 90.3 Å². The second kappa shape index (κ2) is 18.7. The summed E-state index contributed by atoms with van der Waals surface area (Å²) >= 11 is 0. The van der Waals surface area contributed by atoms with Crippen molar-refractivity contribution in [3.63, 3.8) is 0 Å². The van der Waals surface area contributed by atoms with Crippen molar-refractivity contribution in [3.05, 3.63) is 93.6 Å². The van der Waals surface area contributed by atoms with Crippen LogP contribution in [-0.4, -0.2) is 12.7 Å². The summed E-state index contributed by atoms with van der Waals surface area (Å²) in [5, 5.41) is 0. The summed E-state index contributed by atoms with van der Waals surface area (Å²) in [5.74, 6) is 5.57. The Morgan fingerprint density at radius 1 is 0.796 bits per heavy atom. The van der Waals surface area contributed by atoms with E-state index in [0.29, 0.717) is 6.61 Å². The monoisotopic (exact) mass is 667 g/mol. The van der Waals surface area contributed by atoms with Gasteiger partial charge >= 0.3 is 0 Å². The molecule has 0 N–H and O–H groups in total. The fourth-order valence-corrected chi connectivity index (χ4v) is 7.55. The van der Waals surface area contributed by atoms with Crippen molar-refractivity contribution in [2.45, 2.75) is 145 Å². The first-order valence-corrected chi connectivity index (χ1v) is 19.3. The van der Waals surface area contributed by atoms with Crippen molar-refractivity contribution in [1.82, 2.24) is 0 Å². The molecule has 0 spiro atoms. The zero-order chi connectivity index (χ0) is 35.4. The number of allylic oxidation sites excluding steroid dienone is 1. The van der Waals surface area contributed by atoms with Gasteiger partial charge in [0.1, 0.15) is 29.5 Å². The van der Waals surface area contributed by atoms with Crippen molar-refractivity contribution in [3.8, 4) is 17.2 Å². The fraction of sp³-hybridized carbons (Fsp3) is 0.565. The number of para-hydroxylation sites is 1. The van der Waals surface area contributed by atoms with Gasteiger partial charge < -0.3 is 14.2 Å². The van der Waals surface area contributed by atoms with Crippen molar-refractivity contribution in [1.29, 1.82) is 0 Å². The van der Waals surface area contributed by atoms with Crippen LogP contribution in [0, 0.1) is 38.5 Å². The number of ether oxygens (including phenoxy) is 3. The number of methoxy groups -OCH3 is 1. The van der Waals surface area contributed by atoms with Crippen molar-refractivity contribution in [2.75, 3.05) is 7.11 Å². The maximum atomic E-state index is 6.90. The molecule has 3 aromatic rings. The highest BCUT2D eigenvalue weighted by molar-refractivity contribution is 5.59. The summed E-state index contributed by atoms with van der Waals surface area (Å²) in [7, 11) is 1.73. The molecular formula is C46H66O3. The van der Waals surface area contributed by atoms with Gasteiger partial charge in [0.2, 0.25) is 0 Å². The van der Waals surface area contributed by atoms with E-state index in [2.05, 4.69) is 104 Å². The van der Waals surface area contributed by atoms with Gasteiger partial charge in [0.25, 0.3) is 0 Å². The lowest BCUT2D eigenvalue weighted by atomic mass is 9.83. The molecule has 0 aromatic heterocycles. The minimum absolute atomic E-state index is 0.0903. The summed E-state index contributed by atoms with van der Waals surface area (Å²) in [5.41, 5.74) is 8.46. The van der Waals surface area contributed by atoms with Gasteiger partial charge in [-0.2, -0.15) is 0 Å². The van der Waals surface area contributed by atoms with E-state index in [0.717, 1.165) is 60.7 Å².